The van der Waals surface area contributed by atoms with Gasteiger partial charge in [0.15, 0.2) is 11.5 Å². The Morgan fingerprint density at radius 2 is 1.41 bits per heavy atom. The lowest BCUT2D eigenvalue weighted by Crippen LogP contribution is -2.16. The summed E-state index contributed by atoms with van der Waals surface area (Å²) in [6.45, 7) is 5.67. The first-order valence-corrected chi connectivity index (χ1v) is 8.93. The first kappa shape index (κ1) is 21.8. The molecule has 0 N–H and O–H groups in total. The third-order valence-electron chi connectivity index (χ3n) is 3.70. The minimum absolute atomic E-state index is 0.0556. The predicted octanol–water partition coefficient (Wildman–Crippen LogP) is 2.16. The Hall–Kier alpha value is -3.49. The number of carbonyl (C=O) groups excluding carboxylic acids is 4. The van der Waals surface area contributed by atoms with Crippen LogP contribution < -0.4 is 0 Å². The highest BCUT2D eigenvalue weighted by atomic mass is 16.6. The molecule has 0 fully saturated rings. The van der Waals surface area contributed by atoms with Gasteiger partial charge in [-0.25, -0.2) is 9.59 Å². The number of rotatable bonds is 6. The van der Waals surface area contributed by atoms with Gasteiger partial charge in [-0.1, -0.05) is 0 Å². The number of hydrogen-bond acceptors (Lipinski definition) is 9. The molecule has 1 aromatic heterocycles. The molecule has 0 bridgehead atoms. The Morgan fingerprint density at radius 3 is 1.93 bits per heavy atom. The molecular weight excluding hydrogens is 382 g/mol. The molecule has 0 spiro atoms. The maximum atomic E-state index is 12.6. The Bertz CT molecular complexity index is 840. The molecular formula is C20H21NO8. The van der Waals surface area contributed by atoms with Crippen LogP contribution in [0.4, 0.5) is 0 Å². The topological polar surface area (TPSA) is 118 Å². The number of nitrogens with zero attached hydrogens (tertiary/aromatic N) is 1. The van der Waals surface area contributed by atoms with Crippen molar-refractivity contribution in [2.75, 3.05) is 13.2 Å². The summed E-state index contributed by atoms with van der Waals surface area (Å²) in [7, 11) is 0. The van der Waals surface area contributed by atoms with E-state index in [1.54, 1.807) is 19.9 Å². The third kappa shape index (κ3) is 5.07. The number of aromatic nitrogens is 1. The van der Waals surface area contributed by atoms with Crippen molar-refractivity contribution in [1.29, 1.82) is 0 Å². The smallest absolute Gasteiger partial charge is 0.338 e. The Balaban J connectivity index is 2.84. The van der Waals surface area contributed by atoms with E-state index >= 15 is 0 Å². The van der Waals surface area contributed by atoms with E-state index in [0.717, 1.165) is 6.92 Å². The number of esters is 4. The molecule has 0 amide bonds. The molecule has 9 heteroatoms. The van der Waals surface area contributed by atoms with Crippen LogP contribution in [0.15, 0.2) is 29.5 Å². The van der Waals surface area contributed by atoms with Crippen molar-refractivity contribution in [3.05, 3.63) is 40.7 Å². The van der Waals surface area contributed by atoms with Crippen LogP contribution in [0.1, 0.15) is 45.4 Å². The van der Waals surface area contributed by atoms with Gasteiger partial charge in [0.1, 0.15) is 5.69 Å². The highest BCUT2D eigenvalue weighted by Gasteiger charge is 2.35. The maximum absolute atomic E-state index is 12.6. The minimum atomic E-state index is -0.800. The van der Waals surface area contributed by atoms with E-state index in [2.05, 4.69) is 4.98 Å². The highest BCUT2D eigenvalue weighted by molar-refractivity contribution is 6.06. The highest BCUT2D eigenvalue weighted by Crippen LogP contribution is 2.37. The van der Waals surface area contributed by atoms with Gasteiger partial charge in [-0.05, 0) is 26.0 Å². The average molecular weight is 403 g/mol. The molecule has 0 saturated carbocycles. The van der Waals surface area contributed by atoms with Crippen LogP contribution in [0, 0.1) is 0 Å². The third-order valence-corrected chi connectivity index (χ3v) is 3.70. The van der Waals surface area contributed by atoms with Crippen molar-refractivity contribution in [2.24, 2.45) is 0 Å². The van der Waals surface area contributed by atoms with Crippen LogP contribution in [-0.4, -0.2) is 42.1 Å². The Morgan fingerprint density at radius 1 is 0.897 bits per heavy atom. The van der Waals surface area contributed by atoms with E-state index in [9.17, 15) is 19.2 Å². The fraction of sp³-hybridized carbons (Fsp3) is 0.350. The van der Waals surface area contributed by atoms with Crippen LogP contribution in [0.2, 0.25) is 0 Å². The van der Waals surface area contributed by atoms with Crippen LogP contribution in [0.3, 0.4) is 0 Å². The zero-order valence-corrected chi connectivity index (χ0v) is 16.6. The quantitative estimate of drug-likeness (QED) is 0.520. The standard InChI is InChI=1S/C20H21NO8/c1-5-26-19(24)14-10-15(20(25)27-6-2)18(29-12(4)23)16-13(8-7-9-21-16)17(14)28-11(3)22/h7-9H,5-6,10H2,1-4H3. The normalized spacial score (nSPS) is 13.2. The molecule has 1 aliphatic rings. The van der Waals surface area contributed by atoms with E-state index in [4.69, 9.17) is 18.9 Å². The zero-order chi connectivity index (χ0) is 21.6. The van der Waals surface area contributed by atoms with Gasteiger partial charge in [0.2, 0.25) is 0 Å². The van der Waals surface area contributed by atoms with Gasteiger partial charge in [0, 0.05) is 32.0 Å². The zero-order valence-electron chi connectivity index (χ0n) is 16.6. The summed E-state index contributed by atoms with van der Waals surface area (Å²) in [4.78, 5) is 52.9. The van der Waals surface area contributed by atoms with Crippen molar-refractivity contribution in [1.82, 2.24) is 4.98 Å². The number of hydrogen-bond donors (Lipinski definition) is 0. The summed E-state index contributed by atoms with van der Waals surface area (Å²) in [5, 5.41) is 0. The molecule has 29 heavy (non-hydrogen) atoms. The second-order valence-corrected chi connectivity index (χ2v) is 5.82. The van der Waals surface area contributed by atoms with Crippen molar-refractivity contribution >= 4 is 35.4 Å². The molecule has 9 nitrogen and oxygen atoms in total. The number of fused-ring (bicyclic) bond motifs is 1. The molecule has 1 heterocycles. The molecule has 2 rings (SSSR count). The van der Waals surface area contributed by atoms with Crippen LogP contribution >= 0.6 is 0 Å². The van der Waals surface area contributed by atoms with Crippen LogP contribution in [-0.2, 0) is 38.1 Å². The minimum Gasteiger partial charge on any atom is -0.463 e. The molecule has 154 valence electrons. The summed E-state index contributed by atoms with van der Waals surface area (Å²) in [6, 6.07) is 3.07. The molecule has 1 aromatic rings. The van der Waals surface area contributed by atoms with Crippen LogP contribution in [0.5, 0.6) is 0 Å². The molecule has 1 aliphatic carbocycles. The van der Waals surface area contributed by atoms with Crippen molar-refractivity contribution < 1.29 is 38.1 Å². The first-order chi connectivity index (χ1) is 13.8. The Labute approximate surface area is 167 Å². The number of ether oxygens (including phenoxy) is 4. The molecule has 0 aromatic carbocycles. The average Bonchev–Trinajstić information content (AvgIpc) is 2.78. The summed E-state index contributed by atoms with van der Waals surface area (Å²) in [6.07, 6.45) is 1.06. The van der Waals surface area contributed by atoms with Crippen molar-refractivity contribution in [2.45, 2.75) is 34.1 Å². The fourth-order valence-electron chi connectivity index (χ4n) is 2.69. The molecule has 0 atom stereocenters. The second-order valence-electron chi connectivity index (χ2n) is 5.82. The van der Waals surface area contributed by atoms with Gasteiger partial charge >= 0.3 is 23.9 Å². The molecule has 0 aliphatic heterocycles. The molecule has 0 radical (unpaired) electrons. The van der Waals surface area contributed by atoms with Gasteiger partial charge in [-0.2, -0.15) is 0 Å². The van der Waals surface area contributed by atoms with Gasteiger partial charge in [0.05, 0.1) is 24.4 Å². The summed E-state index contributed by atoms with van der Waals surface area (Å²) < 4.78 is 20.7. The summed E-state index contributed by atoms with van der Waals surface area (Å²) >= 11 is 0. The predicted molar refractivity (Wildman–Crippen MR) is 99.5 cm³/mol. The van der Waals surface area contributed by atoms with E-state index in [1.807, 2.05) is 0 Å². The first-order valence-electron chi connectivity index (χ1n) is 8.93. The summed E-state index contributed by atoms with van der Waals surface area (Å²) in [5.74, 6) is -3.27. The van der Waals surface area contributed by atoms with Gasteiger partial charge in [-0.15, -0.1) is 0 Å². The van der Waals surface area contributed by atoms with Crippen LogP contribution in [0.25, 0.3) is 11.5 Å². The monoisotopic (exact) mass is 403 g/mol. The van der Waals surface area contributed by atoms with E-state index in [-0.39, 0.29) is 53.6 Å². The van der Waals surface area contributed by atoms with Crippen molar-refractivity contribution in [3.63, 3.8) is 0 Å². The lowest BCUT2D eigenvalue weighted by atomic mass is 10.0. The van der Waals surface area contributed by atoms with Gasteiger partial charge < -0.3 is 18.9 Å². The molecule has 0 saturated heterocycles. The largest absolute Gasteiger partial charge is 0.463 e. The Kier molecular flexibility index (Phi) is 7.24. The fourth-order valence-corrected chi connectivity index (χ4v) is 2.69. The maximum Gasteiger partial charge on any atom is 0.338 e. The van der Waals surface area contributed by atoms with Crippen molar-refractivity contribution in [3.8, 4) is 0 Å². The SMILES string of the molecule is CCOC(=O)C1=C(OC(C)=O)c2cccnc2C(OC(C)=O)=C(C(=O)OCC)C1. The van der Waals surface area contributed by atoms with E-state index < -0.39 is 23.9 Å². The lowest BCUT2D eigenvalue weighted by Gasteiger charge is -2.13. The molecule has 0 unspecified atom stereocenters. The van der Waals surface area contributed by atoms with E-state index in [0.29, 0.717) is 0 Å². The van der Waals surface area contributed by atoms with E-state index in [1.165, 1.54) is 19.2 Å². The number of pyridine rings is 1. The van der Waals surface area contributed by atoms with Gasteiger partial charge in [0.25, 0.3) is 0 Å². The second kappa shape index (κ2) is 9.63. The van der Waals surface area contributed by atoms with Gasteiger partial charge in [-0.3, -0.25) is 14.6 Å². The number of carbonyl (C=O) groups is 4. The summed E-state index contributed by atoms with van der Waals surface area (Å²) in [5.41, 5.74) is 0.0383. The lowest BCUT2D eigenvalue weighted by molar-refractivity contribution is -0.139.